The lowest BCUT2D eigenvalue weighted by atomic mass is 10.2. The Labute approximate surface area is 130 Å². The normalized spacial score (nSPS) is 11.0. The molecule has 114 valence electrons. The molecule has 0 N–H and O–H groups in total. The van der Waals surface area contributed by atoms with Gasteiger partial charge >= 0.3 is 0 Å². The maximum Gasteiger partial charge on any atom is 0.254 e. The largest absolute Gasteiger partial charge is 0.312 e. The molecule has 2 rings (SSSR count). The molecular weight excluding hydrogens is 298 g/mol. The number of benzene rings is 2. The first kappa shape index (κ1) is 16.0. The molecule has 0 saturated heterocycles. The first-order chi connectivity index (χ1) is 10.4. The van der Waals surface area contributed by atoms with E-state index in [4.69, 9.17) is 0 Å². The van der Waals surface area contributed by atoms with Crippen molar-refractivity contribution in [3.05, 3.63) is 72.8 Å². The fourth-order valence-corrected chi connectivity index (χ4v) is 3.33. The molecule has 0 aromatic heterocycles. The topological polar surface area (TPSA) is 54.5 Å². The monoisotopic (exact) mass is 315 g/mol. The Morgan fingerprint density at radius 1 is 1.00 bits per heavy atom. The Bertz CT molecular complexity index is 768. The van der Waals surface area contributed by atoms with E-state index in [1.807, 2.05) is 18.2 Å². The fourth-order valence-electron chi connectivity index (χ4n) is 2.01. The van der Waals surface area contributed by atoms with E-state index in [0.29, 0.717) is 5.69 Å². The zero-order chi connectivity index (χ0) is 16.2. The van der Waals surface area contributed by atoms with Crippen molar-refractivity contribution in [3.63, 3.8) is 0 Å². The van der Waals surface area contributed by atoms with Crippen molar-refractivity contribution in [3.8, 4) is 0 Å². The van der Waals surface area contributed by atoms with Gasteiger partial charge in [0.05, 0.1) is 10.6 Å². The van der Waals surface area contributed by atoms with Gasteiger partial charge in [0.1, 0.15) is 0 Å². The van der Waals surface area contributed by atoms with E-state index in [1.165, 1.54) is 17.0 Å². The van der Waals surface area contributed by atoms with Crippen molar-refractivity contribution in [1.82, 2.24) is 0 Å². The Kier molecular flexibility index (Phi) is 4.78. The van der Waals surface area contributed by atoms with E-state index in [0.717, 1.165) is 0 Å². The van der Waals surface area contributed by atoms with Crippen LogP contribution in [0.5, 0.6) is 0 Å². The molecule has 0 heterocycles. The summed E-state index contributed by atoms with van der Waals surface area (Å²) in [7, 11) is -1.97. The van der Waals surface area contributed by atoms with Crippen LogP contribution in [0.1, 0.15) is 0 Å². The number of hydrogen-bond donors (Lipinski definition) is 0. The van der Waals surface area contributed by atoms with Gasteiger partial charge in [0.25, 0.3) is 5.91 Å². The summed E-state index contributed by atoms with van der Waals surface area (Å²) < 4.78 is 24.5. The van der Waals surface area contributed by atoms with Gasteiger partial charge in [-0.05, 0) is 24.3 Å². The van der Waals surface area contributed by atoms with Crippen LogP contribution in [0.15, 0.2) is 77.7 Å². The van der Waals surface area contributed by atoms with Crippen molar-refractivity contribution < 1.29 is 13.2 Å². The van der Waals surface area contributed by atoms with E-state index in [1.54, 1.807) is 37.4 Å². The highest BCUT2D eigenvalue weighted by Crippen LogP contribution is 2.17. The lowest BCUT2D eigenvalue weighted by Gasteiger charge is -2.18. The van der Waals surface area contributed by atoms with Gasteiger partial charge in [-0.25, -0.2) is 8.42 Å². The molecule has 0 aliphatic rings. The van der Waals surface area contributed by atoms with Gasteiger partial charge in [-0.1, -0.05) is 43.0 Å². The van der Waals surface area contributed by atoms with Crippen molar-refractivity contribution >= 4 is 21.4 Å². The summed E-state index contributed by atoms with van der Waals surface area (Å²) in [6.07, 6.45) is 0. The molecule has 1 amide bonds. The van der Waals surface area contributed by atoms with Crippen LogP contribution in [-0.4, -0.2) is 27.1 Å². The molecule has 0 atom stereocenters. The molecule has 4 nitrogen and oxygen atoms in total. The Hall–Kier alpha value is -2.40. The summed E-state index contributed by atoms with van der Waals surface area (Å²) in [5.41, 5.74) is 0.723. The van der Waals surface area contributed by atoms with E-state index >= 15 is 0 Å². The highest BCUT2D eigenvalue weighted by atomic mass is 32.2. The van der Waals surface area contributed by atoms with Crippen LogP contribution in [0, 0.1) is 0 Å². The number of nitrogens with zero attached hydrogens (tertiary/aromatic N) is 1. The molecular formula is C17H17NO3S. The number of carbonyl (C=O) groups excluding carboxylic acids is 1. The molecule has 0 aliphatic heterocycles. The van der Waals surface area contributed by atoms with E-state index in [9.17, 15) is 13.2 Å². The number of hydrogen-bond acceptors (Lipinski definition) is 3. The van der Waals surface area contributed by atoms with Crippen LogP contribution in [0.3, 0.4) is 0 Å². The zero-order valence-electron chi connectivity index (χ0n) is 12.3. The molecule has 0 unspecified atom stereocenters. The minimum Gasteiger partial charge on any atom is -0.312 e. The van der Waals surface area contributed by atoms with Crippen molar-refractivity contribution in [2.75, 3.05) is 17.7 Å². The van der Waals surface area contributed by atoms with Crippen LogP contribution < -0.4 is 4.90 Å². The lowest BCUT2D eigenvalue weighted by Crippen LogP contribution is -2.30. The zero-order valence-corrected chi connectivity index (χ0v) is 13.1. The number of carbonyl (C=O) groups is 1. The van der Waals surface area contributed by atoms with Gasteiger partial charge in [0.2, 0.25) is 0 Å². The van der Waals surface area contributed by atoms with Gasteiger partial charge in [-0.3, -0.25) is 4.79 Å². The summed E-state index contributed by atoms with van der Waals surface area (Å²) >= 11 is 0. The molecule has 5 heteroatoms. The number of amides is 1. The average Bonchev–Trinajstić information content (AvgIpc) is 2.54. The van der Waals surface area contributed by atoms with Crippen LogP contribution in [-0.2, 0) is 14.6 Å². The summed E-state index contributed by atoms with van der Waals surface area (Å²) in [4.78, 5) is 13.9. The molecule has 0 aliphatic carbocycles. The van der Waals surface area contributed by atoms with E-state index in [-0.39, 0.29) is 10.5 Å². The van der Waals surface area contributed by atoms with Crippen molar-refractivity contribution in [2.24, 2.45) is 0 Å². The summed E-state index contributed by atoms with van der Waals surface area (Å²) in [6, 6.07) is 17.1. The predicted octanol–water partition coefficient (Wildman–Crippen LogP) is 2.68. The third-order valence-electron chi connectivity index (χ3n) is 3.22. The summed E-state index contributed by atoms with van der Waals surface area (Å²) in [5.74, 6) is -0.807. The average molecular weight is 315 g/mol. The highest BCUT2D eigenvalue weighted by Gasteiger charge is 2.22. The van der Waals surface area contributed by atoms with Gasteiger partial charge in [-0.15, -0.1) is 0 Å². The van der Waals surface area contributed by atoms with Crippen LogP contribution in [0.4, 0.5) is 5.69 Å². The molecule has 0 spiro atoms. The number of sulfone groups is 1. The first-order valence-corrected chi connectivity index (χ1v) is 8.36. The Morgan fingerprint density at radius 3 is 2.05 bits per heavy atom. The Morgan fingerprint density at radius 2 is 1.50 bits per heavy atom. The molecule has 0 saturated carbocycles. The molecule has 0 fully saturated rings. The predicted molar refractivity (Wildman–Crippen MR) is 87.5 cm³/mol. The number of likely N-dealkylation sites (N-methyl/N-ethyl adjacent to an activating group) is 1. The number of anilines is 1. The van der Waals surface area contributed by atoms with Crippen molar-refractivity contribution in [1.29, 1.82) is 0 Å². The maximum absolute atomic E-state index is 12.3. The molecule has 22 heavy (non-hydrogen) atoms. The van der Waals surface area contributed by atoms with Gasteiger partial charge in [0.15, 0.2) is 9.84 Å². The van der Waals surface area contributed by atoms with Gasteiger partial charge in [-0.2, -0.15) is 0 Å². The van der Waals surface area contributed by atoms with Crippen LogP contribution >= 0.6 is 0 Å². The SMILES string of the molecule is C=C(CS(=O)(=O)c1ccccc1)C(=O)N(C)c1ccccc1. The summed E-state index contributed by atoms with van der Waals surface area (Å²) in [6.45, 7) is 3.64. The number of para-hydroxylation sites is 1. The third kappa shape index (κ3) is 3.62. The quantitative estimate of drug-likeness (QED) is 0.797. The minimum absolute atomic E-state index is 0.0372. The van der Waals surface area contributed by atoms with Crippen molar-refractivity contribution in [2.45, 2.75) is 4.90 Å². The van der Waals surface area contributed by atoms with Gasteiger partial charge < -0.3 is 4.90 Å². The van der Waals surface area contributed by atoms with E-state index < -0.39 is 21.5 Å². The fraction of sp³-hybridized carbons (Fsp3) is 0.118. The minimum atomic E-state index is -3.57. The second-order valence-corrected chi connectivity index (χ2v) is 6.86. The standard InChI is InChI=1S/C17H17NO3S/c1-14(13-22(20,21)16-11-7-4-8-12-16)17(19)18(2)15-9-5-3-6-10-15/h3-12H,1,13H2,2H3. The van der Waals surface area contributed by atoms with Crippen LogP contribution in [0.2, 0.25) is 0 Å². The van der Waals surface area contributed by atoms with E-state index in [2.05, 4.69) is 6.58 Å². The Balaban J connectivity index is 2.14. The second-order valence-electron chi connectivity index (χ2n) is 4.88. The number of rotatable bonds is 5. The first-order valence-electron chi connectivity index (χ1n) is 6.70. The molecule has 2 aromatic rings. The highest BCUT2D eigenvalue weighted by molar-refractivity contribution is 7.91. The van der Waals surface area contributed by atoms with Crippen LogP contribution in [0.25, 0.3) is 0 Å². The maximum atomic E-state index is 12.3. The second kappa shape index (κ2) is 6.58. The third-order valence-corrected chi connectivity index (χ3v) is 4.94. The summed E-state index contributed by atoms with van der Waals surface area (Å²) in [5, 5.41) is 0. The molecule has 0 radical (unpaired) electrons. The lowest BCUT2D eigenvalue weighted by molar-refractivity contribution is -0.114. The smallest absolute Gasteiger partial charge is 0.254 e. The molecule has 0 bridgehead atoms. The van der Waals surface area contributed by atoms with Gasteiger partial charge in [0, 0.05) is 18.3 Å². The molecule has 2 aromatic carbocycles.